The molecule has 0 aromatic heterocycles. The summed E-state index contributed by atoms with van der Waals surface area (Å²) in [5.74, 6) is 3.29. The van der Waals surface area contributed by atoms with E-state index in [1.807, 2.05) is 0 Å². The fourth-order valence-electron chi connectivity index (χ4n) is 6.65. The molecule has 0 fully saturated rings. The van der Waals surface area contributed by atoms with Crippen molar-refractivity contribution in [2.24, 2.45) is 0 Å². The number of aliphatic hydroxyl groups excluding tert-OH is 2. The first-order valence-electron chi connectivity index (χ1n) is 18.1. The van der Waals surface area contributed by atoms with Crippen molar-refractivity contribution in [1.29, 1.82) is 0 Å². The fraction of sp³-hybridized carbons (Fsp3) is 0.429. The van der Waals surface area contributed by atoms with Gasteiger partial charge in [-0.15, -0.1) is 0 Å². The number of fused-ring (bicyclic) bond motifs is 2. The Labute approximate surface area is 301 Å². The number of ether oxygens (including phenoxy) is 7. The van der Waals surface area contributed by atoms with Gasteiger partial charge in [0.25, 0.3) is 0 Å². The first kappa shape index (κ1) is 36.7. The Balaban J connectivity index is 1.52. The van der Waals surface area contributed by atoms with Gasteiger partial charge in [0.15, 0.2) is 0 Å². The van der Waals surface area contributed by atoms with Gasteiger partial charge in [-0.2, -0.15) is 0 Å². The molecular weight excluding hydrogens is 648 g/mol. The predicted molar refractivity (Wildman–Crippen MR) is 195 cm³/mol. The van der Waals surface area contributed by atoms with E-state index in [0.29, 0.717) is 105 Å². The molecule has 2 aliphatic rings. The molecule has 1 heterocycles. The average Bonchev–Trinajstić information content (AvgIpc) is 3.13. The highest BCUT2D eigenvalue weighted by Gasteiger charge is 2.22. The zero-order chi connectivity index (χ0) is 35.1. The first-order chi connectivity index (χ1) is 25.2. The topological polar surface area (TPSA) is 105 Å². The molecular formula is C42H50O9. The molecule has 10 bridgehead atoms. The van der Waals surface area contributed by atoms with E-state index in [9.17, 15) is 10.2 Å². The zero-order valence-corrected chi connectivity index (χ0v) is 29.4. The largest absolute Gasteiger partial charge is 0.493 e. The number of benzene rings is 4. The maximum absolute atomic E-state index is 9.60. The Kier molecular flexibility index (Phi) is 14.0. The molecule has 272 valence electrons. The summed E-state index contributed by atoms with van der Waals surface area (Å²) in [4.78, 5) is 0. The van der Waals surface area contributed by atoms with E-state index in [-0.39, 0.29) is 13.2 Å². The van der Waals surface area contributed by atoms with Gasteiger partial charge in [0.1, 0.15) is 36.2 Å². The van der Waals surface area contributed by atoms with Crippen molar-refractivity contribution in [3.05, 3.63) is 117 Å². The van der Waals surface area contributed by atoms with E-state index in [1.165, 1.54) is 0 Å². The standard InChI is InChI=1S/C42H50O9/c43-15-5-17-48-39-31-7-1-8-32(39)28-36-12-4-14-38-30-34-10-2-9-33(40(34)49-18-6-16-44)29-37-13-3-11-35(27-31)41(37)50-25-23-46-21-19-45-20-22-47-24-26-51-42(36)38/h1-4,7-14,43-44H,5-6,15-30H2. The molecule has 4 aromatic carbocycles. The summed E-state index contributed by atoms with van der Waals surface area (Å²) in [7, 11) is 0. The number of para-hydroxylation sites is 4. The summed E-state index contributed by atoms with van der Waals surface area (Å²) in [5.41, 5.74) is 8.32. The van der Waals surface area contributed by atoms with Gasteiger partial charge in [-0.3, -0.25) is 0 Å². The summed E-state index contributed by atoms with van der Waals surface area (Å²) < 4.78 is 43.6. The van der Waals surface area contributed by atoms with Crippen molar-refractivity contribution in [1.82, 2.24) is 0 Å². The predicted octanol–water partition coefficient (Wildman–Crippen LogP) is 5.71. The van der Waals surface area contributed by atoms with Crippen LogP contribution in [0, 0.1) is 0 Å². The average molecular weight is 699 g/mol. The van der Waals surface area contributed by atoms with Crippen molar-refractivity contribution in [3.8, 4) is 23.0 Å². The van der Waals surface area contributed by atoms with Gasteiger partial charge in [-0.1, -0.05) is 72.8 Å². The lowest BCUT2D eigenvalue weighted by atomic mass is 9.91. The molecule has 0 amide bonds. The van der Waals surface area contributed by atoms with E-state index in [2.05, 4.69) is 72.8 Å². The van der Waals surface area contributed by atoms with Crippen LogP contribution in [0.15, 0.2) is 72.8 Å². The third kappa shape index (κ3) is 10.0. The fourth-order valence-corrected chi connectivity index (χ4v) is 6.65. The van der Waals surface area contributed by atoms with Crippen molar-refractivity contribution < 1.29 is 43.4 Å². The van der Waals surface area contributed by atoms with E-state index < -0.39 is 0 Å². The molecule has 0 saturated carbocycles. The minimum absolute atomic E-state index is 0.0552. The van der Waals surface area contributed by atoms with Gasteiger partial charge in [0.2, 0.25) is 0 Å². The molecule has 9 nitrogen and oxygen atoms in total. The second kappa shape index (κ2) is 19.5. The van der Waals surface area contributed by atoms with Gasteiger partial charge >= 0.3 is 0 Å². The Morgan fingerprint density at radius 2 is 0.706 bits per heavy atom. The van der Waals surface area contributed by atoms with Gasteiger partial charge < -0.3 is 43.4 Å². The van der Waals surface area contributed by atoms with Gasteiger partial charge in [-0.25, -0.2) is 0 Å². The third-order valence-electron chi connectivity index (χ3n) is 9.03. The first-order valence-corrected chi connectivity index (χ1v) is 18.1. The molecule has 51 heavy (non-hydrogen) atoms. The lowest BCUT2D eigenvalue weighted by molar-refractivity contribution is 0.00484. The molecule has 0 radical (unpaired) electrons. The number of hydrogen-bond acceptors (Lipinski definition) is 9. The molecule has 0 atom stereocenters. The van der Waals surface area contributed by atoms with Crippen LogP contribution in [0.1, 0.15) is 57.3 Å². The van der Waals surface area contributed by atoms with Crippen LogP contribution in [-0.2, 0) is 39.9 Å². The summed E-state index contributed by atoms with van der Waals surface area (Å²) >= 11 is 0. The minimum Gasteiger partial charge on any atom is -0.493 e. The Morgan fingerprint density at radius 3 is 1.02 bits per heavy atom. The van der Waals surface area contributed by atoms with Crippen LogP contribution in [0.2, 0.25) is 0 Å². The van der Waals surface area contributed by atoms with Crippen molar-refractivity contribution in [2.45, 2.75) is 38.5 Å². The monoisotopic (exact) mass is 698 g/mol. The van der Waals surface area contributed by atoms with Crippen molar-refractivity contribution in [3.63, 3.8) is 0 Å². The van der Waals surface area contributed by atoms with E-state index in [1.54, 1.807) is 0 Å². The molecule has 0 saturated heterocycles. The highest BCUT2D eigenvalue weighted by molar-refractivity contribution is 5.56. The van der Waals surface area contributed by atoms with Crippen molar-refractivity contribution >= 4 is 0 Å². The van der Waals surface area contributed by atoms with Crippen LogP contribution >= 0.6 is 0 Å². The van der Waals surface area contributed by atoms with Crippen LogP contribution in [-0.4, -0.2) is 89.5 Å². The summed E-state index contributed by atoms with van der Waals surface area (Å²) in [6.45, 7) is 4.38. The van der Waals surface area contributed by atoms with Crippen LogP contribution < -0.4 is 18.9 Å². The molecule has 9 heteroatoms. The maximum atomic E-state index is 9.60. The number of aliphatic hydroxyl groups is 2. The van der Waals surface area contributed by atoms with Crippen LogP contribution in [0.4, 0.5) is 0 Å². The van der Waals surface area contributed by atoms with Gasteiger partial charge in [0, 0.05) is 51.7 Å². The summed E-state index contributed by atoms with van der Waals surface area (Å²) in [6, 6.07) is 25.3. The van der Waals surface area contributed by atoms with Gasteiger partial charge in [0.05, 0.1) is 52.9 Å². The lowest BCUT2D eigenvalue weighted by Crippen LogP contribution is -2.16. The SMILES string of the molecule is OCCCOc1c2cccc1Cc1cccc3c1OCCOCCOCCOCCOc1c(cccc1Cc1cccc(c1OCCCO)C3)C2. The normalized spacial score (nSPS) is 15.6. The summed E-state index contributed by atoms with van der Waals surface area (Å²) in [5, 5.41) is 19.2. The Bertz CT molecular complexity index is 1480. The van der Waals surface area contributed by atoms with E-state index in [4.69, 9.17) is 33.2 Å². The highest BCUT2D eigenvalue weighted by atomic mass is 16.6. The molecule has 6 rings (SSSR count). The molecule has 1 aliphatic heterocycles. The Morgan fingerprint density at radius 1 is 0.412 bits per heavy atom. The molecule has 2 N–H and O–H groups in total. The Hall–Kier alpha value is -4.12. The van der Waals surface area contributed by atoms with E-state index in [0.717, 1.165) is 67.5 Å². The second-order valence-electron chi connectivity index (χ2n) is 12.7. The third-order valence-corrected chi connectivity index (χ3v) is 9.03. The molecule has 4 aromatic rings. The quantitative estimate of drug-likeness (QED) is 0.197. The summed E-state index contributed by atoms with van der Waals surface area (Å²) in [6.07, 6.45) is 3.41. The minimum atomic E-state index is 0.0552. The van der Waals surface area contributed by atoms with E-state index >= 15 is 0 Å². The molecule has 0 spiro atoms. The zero-order valence-electron chi connectivity index (χ0n) is 29.4. The smallest absolute Gasteiger partial charge is 0.126 e. The van der Waals surface area contributed by atoms with Crippen molar-refractivity contribution in [2.75, 3.05) is 79.3 Å². The van der Waals surface area contributed by atoms with Crippen LogP contribution in [0.5, 0.6) is 23.0 Å². The second-order valence-corrected chi connectivity index (χ2v) is 12.7. The highest BCUT2D eigenvalue weighted by Crippen LogP contribution is 2.39. The van der Waals surface area contributed by atoms with Gasteiger partial charge in [-0.05, 0) is 44.5 Å². The van der Waals surface area contributed by atoms with Crippen LogP contribution in [0.25, 0.3) is 0 Å². The number of hydrogen-bond donors (Lipinski definition) is 2. The number of rotatable bonds is 8. The lowest BCUT2D eigenvalue weighted by Gasteiger charge is -2.23. The molecule has 1 aliphatic carbocycles. The molecule has 0 unspecified atom stereocenters. The maximum Gasteiger partial charge on any atom is 0.126 e. The van der Waals surface area contributed by atoms with Crippen LogP contribution in [0.3, 0.4) is 0 Å².